The molecule has 7 heteroatoms. The first kappa shape index (κ1) is 18.2. The van der Waals surface area contributed by atoms with Gasteiger partial charge < -0.3 is 9.64 Å². The second kappa shape index (κ2) is 7.72. The number of halogens is 1. The molecule has 0 aromatic heterocycles. The van der Waals surface area contributed by atoms with Gasteiger partial charge in [0.1, 0.15) is 0 Å². The van der Waals surface area contributed by atoms with E-state index < -0.39 is 15.7 Å². The number of amides is 1. The first-order valence-electron chi connectivity index (χ1n) is 8.85. The van der Waals surface area contributed by atoms with Gasteiger partial charge in [-0.15, -0.1) is 0 Å². The minimum absolute atomic E-state index is 0.0228. The highest BCUT2D eigenvalue weighted by atomic mass is 32.2. The first-order valence-corrected chi connectivity index (χ1v) is 10.7. The molecule has 3 rings (SSSR count). The molecule has 1 unspecified atom stereocenters. The molecular weight excluding hydrogens is 345 g/mol. The Morgan fingerprint density at radius 1 is 1.12 bits per heavy atom. The number of carbonyl (C=O) groups is 1. The minimum atomic E-state index is -3.08. The molecule has 0 radical (unpaired) electrons. The Balaban J connectivity index is 1.71. The Bertz CT molecular complexity index is 716. The predicted molar refractivity (Wildman–Crippen MR) is 92.7 cm³/mol. The number of nitrogens with zero attached hydrogens (tertiary/aromatic N) is 1. The molecule has 5 nitrogen and oxygen atoms in total. The monoisotopic (exact) mass is 369 g/mol. The van der Waals surface area contributed by atoms with Crippen molar-refractivity contribution in [2.75, 3.05) is 18.1 Å². The SMILES string of the molecule is O=C(COc1ccccc1F)N(C1CCCCC1)C1CCS(=O)(=O)C1. The van der Waals surface area contributed by atoms with Crippen molar-refractivity contribution >= 4 is 15.7 Å². The summed E-state index contributed by atoms with van der Waals surface area (Å²) in [6.45, 7) is -0.270. The van der Waals surface area contributed by atoms with Crippen molar-refractivity contribution in [1.82, 2.24) is 4.90 Å². The average Bonchev–Trinajstić information content (AvgIpc) is 2.95. The largest absolute Gasteiger partial charge is 0.481 e. The van der Waals surface area contributed by atoms with Gasteiger partial charge in [-0.05, 0) is 31.4 Å². The van der Waals surface area contributed by atoms with E-state index in [-0.39, 0.29) is 41.9 Å². The quantitative estimate of drug-likeness (QED) is 0.800. The molecule has 1 saturated carbocycles. The van der Waals surface area contributed by atoms with Crippen LogP contribution in [0.1, 0.15) is 38.5 Å². The Hall–Kier alpha value is -1.63. The number of rotatable bonds is 5. The van der Waals surface area contributed by atoms with Crippen LogP contribution >= 0.6 is 0 Å². The van der Waals surface area contributed by atoms with E-state index in [0.717, 1.165) is 32.1 Å². The summed E-state index contributed by atoms with van der Waals surface area (Å²) in [5.74, 6) is -0.573. The van der Waals surface area contributed by atoms with E-state index in [2.05, 4.69) is 0 Å². The Morgan fingerprint density at radius 3 is 2.48 bits per heavy atom. The molecule has 1 aliphatic carbocycles. The maximum atomic E-state index is 13.7. The summed E-state index contributed by atoms with van der Waals surface area (Å²) < 4.78 is 42.7. The van der Waals surface area contributed by atoms with Crippen molar-refractivity contribution < 1.29 is 22.3 Å². The van der Waals surface area contributed by atoms with Crippen molar-refractivity contribution in [1.29, 1.82) is 0 Å². The lowest BCUT2D eigenvalue weighted by Gasteiger charge is -2.38. The maximum Gasteiger partial charge on any atom is 0.261 e. The molecule has 1 saturated heterocycles. The van der Waals surface area contributed by atoms with Crippen LogP contribution in [-0.4, -0.2) is 49.4 Å². The second-order valence-corrected chi connectivity index (χ2v) is 9.10. The molecule has 0 N–H and O–H groups in total. The number of para-hydroxylation sites is 1. The van der Waals surface area contributed by atoms with E-state index >= 15 is 0 Å². The Labute approximate surface area is 148 Å². The topological polar surface area (TPSA) is 63.7 Å². The molecule has 1 heterocycles. The predicted octanol–water partition coefficient (Wildman–Crippen LogP) is 2.55. The summed E-state index contributed by atoms with van der Waals surface area (Å²) in [6, 6.07) is 5.73. The smallest absolute Gasteiger partial charge is 0.261 e. The normalized spacial score (nSPS) is 23.3. The molecule has 2 aliphatic rings. The molecule has 25 heavy (non-hydrogen) atoms. The van der Waals surface area contributed by atoms with E-state index in [1.54, 1.807) is 17.0 Å². The highest BCUT2D eigenvalue weighted by molar-refractivity contribution is 7.91. The molecule has 138 valence electrons. The number of hydrogen-bond donors (Lipinski definition) is 0. The zero-order chi connectivity index (χ0) is 17.9. The fraction of sp³-hybridized carbons (Fsp3) is 0.611. The van der Waals surface area contributed by atoms with Crippen LogP contribution in [0.15, 0.2) is 24.3 Å². The number of carbonyl (C=O) groups excluding carboxylic acids is 1. The maximum absolute atomic E-state index is 13.7. The van der Waals surface area contributed by atoms with Crippen molar-refractivity contribution in [3.05, 3.63) is 30.1 Å². The van der Waals surface area contributed by atoms with Gasteiger partial charge in [-0.3, -0.25) is 4.79 Å². The zero-order valence-corrected chi connectivity index (χ0v) is 15.0. The first-order chi connectivity index (χ1) is 12.0. The molecule has 0 spiro atoms. The summed E-state index contributed by atoms with van der Waals surface area (Å²) in [4.78, 5) is 14.5. The summed E-state index contributed by atoms with van der Waals surface area (Å²) in [6.07, 6.45) is 5.49. The lowest BCUT2D eigenvalue weighted by molar-refractivity contribution is -0.138. The van der Waals surface area contributed by atoms with Crippen LogP contribution in [0.4, 0.5) is 4.39 Å². The summed E-state index contributed by atoms with van der Waals surface area (Å²) >= 11 is 0. The van der Waals surface area contributed by atoms with Crippen molar-refractivity contribution in [3.63, 3.8) is 0 Å². The van der Waals surface area contributed by atoms with Crippen molar-refractivity contribution in [2.45, 2.75) is 50.6 Å². The van der Waals surface area contributed by atoms with Gasteiger partial charge in [-0.1, -0.05) is 31.4 Å². The molecule has 1 atom stereocenters. The fourth-order valence-electron chi connectivity index (χ4n) is 3.84. The lowest BCUT2D eigenvalue weighted by Crippen LogP contribution is -2.50. The van der Waals surface area contributed by atoms with Gasteiger partial charge in [0.05, 0.1) is 11.5 Å². The molecule has 1 aromatic carbocycles. The van der Waals surface area contributed by atoms with E-state index in [1.165, 1.54) is 12.1 Å². The fourth-order valence-corrected chi connectivity index (χ4v) is 5.55. The molecule has 2 fully saturated rings. The van der Waals surface area contributed by atoms with Crippen LogP contribution in [0.25, 0.3) is 0 Å². The summed E-state index contributed by atoms with van der Waals surface area (Å²) in [5.41, 5.74) is 0. The van der Waals surface area contributed by atoms with Gasteiger partial charge in [0.15, 0.2) is 28.0 Å². The second-order valence-electron chi connectivity index (χ2n) is 6.87. The third kappa shape index (κ3) is 4.51. The molecule has 1 amide bonds. The van der Waals surface area contributed by atoms with Gasteiger partial charge in [-0.2, -0.15) is 0 Å². The van der Waals surface area contributed by atoms with Gasteiger partial charge in [0.2, 0.25) is 0 Å². The molecule has 0 bridgehead atoms. The number of hydrogen-bond acceptors (Lipinski definition) is 4. The van der Waals surface area contributed by atoms with Crippen LogP contribution in [0.2, 0.25) is 0 Å². The third-order valence-electron chi connectivity index (χ3n) is 5.05. The van der Waals surface area contributed by atoms with Gasteiger partial charge >= 0.3 is 0 Å². The van der Waals surface area contributed by atoms with E-state index in [0.29, 0.717) is 6.42 Å². The van der Waals surface area contributed by atoms with Gasteiger partial charge in [0, 0.05) is 12.1 Å². The summed E-state index contributed by atoms with van der Waals surface area (Å²) in [5, 5.41) is 0. The standard InChI is InChI=1S/C18H24FNO4S/c19-16-8-4-5-9-17(16)24-12-18(21)20(14-6-2-1-3-7-14)15-10-11-25(22,23)13-15/h4-5,8-9,14-15H,1-3,6-7,10-13H2. The van der Waals surface area contributed by atoms with Crippen LogP contribution in [0.3, 0.4) is 0 Å². The highest BCUT2D eigenvalue weighted by Crippen LogP contribution is 2.28. The lowest BCUT2D eigenvalue weighted by atomic mass is 9.93. The third-order valence-corrected chi connectivity index (χ3v) is 6.80. The Kier molecular flexibility index (Phi) is 5.61. The molecule has 1 aromatic rings. The number of benzene rings is 1. The van der Waals surface area contributed by atoms with Crippen LogP contribution in [0, 0.1) is 5.82 Å². The number of sulfone groups is 1. The van der Waals surface area contributed by atoms with E-state index in [9.17, 15) is 17.6 Å². The van der Waals surface area contributed by atoms with Crippen LogP contribution in [0.5, 0.6) is 5.75 Å². The molecular formula is C18H24FNO4S. The zero-order valence-electron chi connectivity index (χ0n) is 14.2. The van der Waals surface area contributed by atoms with E-state index in [1.807, 2.05) is 0 Å². The van der Waals surface area contributed by atoms with Gasteiger partial charge in [-0.25, -0.2) is 12.8 Å². The summed E-state index contributed by atoms with van der Waals surface area (Å²) in [7, 11) is -3.08. The van der Waals surface area contributed by atoms with Crippen molar-refractivity contribution in [2.24, 2.45) is 0 Å². The molecule has 1 aliphatic heterocycles. The average molecular weight is 369 g/mol. The van der Waals surface area contributed by atoms with Crippen LogP contribution in [-0.2, 0) is 14.6 Å². The van der Waals surface area contributed by atoms with Crippen LogP contribution < -0.4 is 4.74 Å². The van der Waals surface area contributed by atoms with Crippen molar-refractivity contribution in [3.8, 4) is 5.75 Å². The Morgan fingerprint density at radius 2 is 1.84 bits per heavy atom. The van der Waals surface area contributed by atoms with Gasteiger partial charge in [0.25, 0.3) is 5.91 Å². The van der Waals surface area contributed by atoms with E-state index in [4.69, 9.17) is 4.74 Å². The highest BCUT2D eigenvalue weighted by Gasteiger charge is 2.38. The minimum Gasteiger partial charge on any atom is -0.481 e. The number of ether oxygens (including phenoxy) is 1.